The summed E-state index contributed by atoms with van der Waals surface area (Å²) in [4.78, 5) is 24.0. The van der Waals surface area contributed by atoms with Gasteiger partial charge in [-0.25, -0.2) is 12.8 Å². The van der Waals surface area contributed by atoms with Gasteiger partial charge >= 0.3 is 0 Å². The molecule has 0 saturated carbocycles. The third-order valence-electron chi connectivity index (χ3n) is 4.73. The highest BCUT2D eigenvalue weighted by Gasteiger charge is 2.41. The Bertz CT molecular complexity index is 1310. The minimum atomic E-state index is -4.16. The summed E-state index contributed by atoms with van der Waals surface area (Å²) >= 11 is 1.16. The number of thiophene rings is 1. The predicted octanol–water partition coefficient (Wildman–Crippen LogP) is 4.33. The van der Waals surface area contributed by atoms with E-state index in [9.17, 15) is 22.4 Å². The molecule has 0 spiro atoms. The Balaban J connectivity index is 1.65. The van der Waals surface area contributed by atoms with Crippen LogP contribution in [-0.2, 0) is 21.4 Å². The Hall–Kier alpha value is -3.50. The van der Waals surface area contributed by atoms with Gasteiger partial charge in [-0.2, -0.15) is 0 Å². The van der Waals surface area contributed by atoms with Gasteiger partial charge in [-0.1, -0.05) is 12.1 Å². The maximum Gasteiger partial charge on any atom is 0.270 e. The lowest BCUT2D eigenvalue weighted by Gasteiger charge is -2.29. The van der Waals surface area contributed by atoms with Crippen LogP contribution in [0.1, 0.15) is 22.2 Å². The van der Waals surface area contributed by atoms with Crippen LogP contribution in [0.2, 0.25) is 0 Å². The molecule has 0 aliphatic carbocycles. The highest BCUT2D eigenvalue weighted by molar-refractivity contribution is 7.97. The SMILES string of the molecule is CC(=O)Nc1ccc(NC=C2C(=O)c3sccc3N(Cc3ccc(F)cc3)S2(=O)=O)cc1. The molecule has 4 rings (SSSR count). The molecular formula is C22H18FN3O4S2. The second kappa shape index (κ2) is 8.56. The van der Waals surface area contributed by atoms with E-state index >= 15 is 0 Å². The molecule has 1 aliphatic rings. The van der Waals surface area contributed by atoms with Crippen LogP contribution in [0, 0.1) is 5.82 Å². The average Bonchev–Trinajstić information content (AvgIpc) is 3.23. The first-order chi connectivity index (χ1) is 15.3. The van der Waals surface area contributed by atoms with Gasteiger partial charge in [0.15, 0.2) is 4.91 Å². The van der Waals surface area contributed by atoms with Crippen molar-refractivity contribution in [2.75, 3.05) is 14.9 Å². The van der Waals surface area contributed by atoms with E-state index in [4.69, 9.17) is 0 Å². The number of carbonyl (C=O) groups excluding carboxylic acids is 2. The molecule has 3 aromatic rings. The molecule has 10 heteroatoms. The lowest BCUT2D eigenvalue weighted by molar-refractivity contribution is -0.114. The molecule has 0 atom stereocenters. The van der Waals surface area contributed by atoms with Gasteiger partial charge in [0.05, 0.1) is 12.2 Å². The number of benzene rings is 2. The highest BCUT2D eigenvalue weighted by Crippen LogP contribution is 2.39. The van der Waals surface area contributed by atoms with Crippen molar-refractivity contribution in [3.63, 3.8) is 0 Å². The summed E-state index contributed by atoms with van der Waals surface area (Å²) in [6, 6.07) is 13.7. The normalized spacial score (nSPS) is 16.0. The summed E-state index contributed by atoms with van der Waals surface area (Å²) < 4.78 is 41.1. The number of nitrogens with zero attached hydrogens (tertiary/aromatic N) is 1. The number of nitrogens with one attached hydrogen (secondary N) is 2. The fourth-order valence-electron chi connectivity index (χ4n) is 3.21. The first-order valence-electron chi connectivity index (χ1n) is 9.49. The van der Waals surface area contributed by atoms with Crippen LogP contribution < -0.4 is 14.9 Å². The molecule has 32 heavy (non-hydrogen) atoms. The molecule has 2 N–H and O–H groups in total. The Kier molecular flexibility index (Phi) is 5.81. The van der Waals surface area contributed by atoms with Gasteiger partial charge in [-0.05, 0) is 53.4 Å². The van der Waals surface area contributed by atoms with Crippen LogP contribution in [0.4, 0.5) is 21.5 Å². The van der Waals surface area contributed by atoms with E-state index in [1.165, 1.54) is 37.4 Å². The quantitative estimate of drug-likeness (QED) is 0.540. The standard InChI is InChI=1S/C22H18FN3O4S2/c1-14(27)25-18-8-6-17(7-9-18)24-12-20-21(28)22-19(10-11-31-22)26(32(20,29)30)13-15-2-4-16(23)5-3-15/h2-12,24H,13H2,1H3,(H,25,27). The topological polar surface area (TPSA) is 95.6 Å². The number of anilines is 3. The number of allylic oxidation sites excluding steroid dienone is 1. The van der Waals surface area contributed by atoms with Crippen LogP contribution in [0.3, 0.4) is 0 Å². The summed E-state index contributed by atoms with van der Waals surface area (Å²) in [5.41, 5.74) is 2.02. The number of rotatable bonds is 5. The van der Waals surface area contributed by atoms with E-state index in [0.29, 0.717) is 27.5 Å². The summed E-state index contributed by atoms with van der Waals surface area (Å²) in [5.74, 6) is -1.22. The molecule has 2 heterocycles. The van der Waals surface area contributed by atoms with Crippen molar-refractivity contribution in [3.8, 4) is 0 Å². The number of carbonyl (C=O) groups is 2. The smallest absolute Gasteiger partial charge is 0.270 e. The summed E-state index contributed by atoms with van der Waals surface area (Å²) in [6.45, 7) is 1.36. The number of hydrogen-bond donors (Lipinski definition) is 2. The zero-order chi connectivity index (χ0) is 22.9. The molecule has 0 bridgehead atoms. The number of halogens is 1. The van der Waals surface area contributed by atoms with Crippen LogP contribution in [0.25, 0.3) is 0 Å². The maximum absolute atomic E-state index is 13.3. The van der Waals surface area contributed by atoms with E-state index in [1.54, 1.807) is 35.7 Å². The number of amides is 1. The van der Waals surface area contributed by atoms with Crippen molar-refractivity contribution in [1.29, 1.82) is 0 Å². The van der Waals surface area contributed by atoms with Gasteiger partial charge in [0.2, 0.25) is 11.7 Å². The minimum absolute atomic E-state index is 0.0393. The molecule has 0 radical (unpaired) electrons. The van der Waals surface area contributed by atoms with Gasteiger partial charge in [0.1, 0.15) is 10.7 Å². The lowest BCUT2D eigenvalue weighted by atomic mass is 10.2. The van der Waals surface area contributed by atoms with Gasteiger partial charge in [-0.15, -0.1) is 11.3 Å². The predicted molar refractivity (Wildman–Crippen MR) is 123 cm³/mol. The highest BCUT2D eigenvalue weighted by atomic mass is 32.2. The van der Waals surface area contributed by atoms with Crippen LogP contribution in [0.5, 0.6) is 0 Å². The first-order valence-corrected chi connectivity index (χ1v) is 11.8. The zero-order valence-corrected chi connectivity index (χ0v) is 18.5. The van der Waals surface area contributed by atoms with E-state index < -0.39 is 21.6 Å². The number of Topliss-reactive ketones (excluding diaryl/α,β-unsaturated/α-hetero) is 1. The Morgan fingerprint density at radius 2 is 1.72 bits per heavy atom. The molecule has 0 saturated heterocycles. The van der Waals surface area contributed by atoms with Crippen LogP contribution >= 0.6 is 11.3 Å². The lowest BCUT2D eigenvalue weighted by Crippen LogP contribution is -2.38. The third-order valence-corrected chi connectivity index (χ3v) is 7.39. The first kappa shape index (κ1) is 21.7. The Morgan fingerprint density at radius 1 is 1.06 bits per heavy atom. The van der Waals surface area contributed by atoms with Crippen molar-refractivity contribution in [3.05, 3.63) is 87.3 Å². The number of fused-ring (bicyclic) bond motifs is 1. The van der Waals surface area contributed by atoms with Gasteiger partial charge in [0.25, 0.3) is 10.0 Å². The Morgan fingerprint density at radius 3 is 2.38 bits per heavy atom. The minimum Gasteiger partial charge on any atom is -0.360 e. The van der Waals surface area contributed by atoms with E-state index in [0.717, 1.165) is 15.6 Å². The number of sulfonamides is 1. The van der Waals surface area contributed by atoms with E-state index in [-0.39, 0.29) is 17.4 Å². The summed E-state index contributed by atoms with van der Waals surface area (Å²) in [6.07, 6.45) is 1.17. The largest absolute Gasteiger partial charge is 0.360 e. The van der Waals surface area contributed by atoms with Gasteiger partial charge in [-0.3, -0.25) is 13.9 Å². The fraction of sp³-hybridized carbons (Fsp3) is 0.0909. The Labute approximate surface area is 188 Å². The monoisotopic (exact) mass is 471 g/mol. The average molecular weight is 472 g/mol. The molecule has 2 aromatic carbocycles. The number of ketones is 1. The zero-order valence-electron chi connectivity index (χ0n) is 16.8. The molecule has 1 aliphatic heterocycles. The molecule has 1 amide bonds. The summed E-state index contributed by atoms with van der Waals surface area (Å²) in [5, 5.41) is 7.15. The van der Waals surface area contributed by atoms with Gasteiger partial charge < -0.3 is 10.6 Å². The van der Waals surface area contributed by atoms with E-state index in [2.05, 4.69) is 10.6 Å². The van der Waals surface area contributed by atoms with Crippen molar-refractivity contribution in [2.45, 2.75) is 13.5 Å². The molecule has 1 aromatic heterocycles. The van der Waals surface area contributed by atoms with Crippen molar-refractivity contribution in [2.24, 2.45) is 0 Å². The maximum atomic E-state index is 13.3. The van der Waals surface area contributed by atoms with Crippen LogP contribution in [0.15, 0.2) is 71.1 Å². The molecule has 0 unspecified atom stereocenters. The van der Waals surface area contributed by atoms with Crippen LogP contribution in [-0.4, -0.2) is 20.1 Å². The third kappa shape index (κ3) is 4.27. The second-order valence-corrected chi connectivity index (χ2v) is 9.76. The van der Waals surface area contributed by atoms with Crippen molar-refractivity contribution >= 4 is 50.1 Å². The fourth-order valence-corrected chi connectivity index (χ4v) is 5.70. The second-order valence-electron chi connectivity index (χ2n) is 7.01. The van der Waals surface area contributed by atoms with E-state index in [1.807, 2.05) is 0 Å². The van der Waals surface area contributed by atoms with Gasteiger partial charge in [0, 0.05) is 24.5 Å². The molecule has 164 valence electrons. The number of hydrogen-bond acceptors (Lipinski definition) is 6. The van der Waals surface area contributed by atoms with Crippen molar-refractivity contribution < 1.29 is 22.4 Å². The molecular weight excluding hydrogens is 453 g/mol. The van der Waals surface area contributed by atoms with Crippen molar-refractivity contribution in [1.82, 2.24) is 0 Å². The molecule has 7 nitrogen and oxygen atoms in total. The summed E-state index contributed by atoms with van der Waals surface area (Å²) in [7, 11) is -4.16. The molecule has 0 fully saturated rings.